The van der Waals surface area contributed by atoms with Gasteiger partial charge in [0.15, 0.2) is 0 Å². The van der Waals surface area contributed by atoms with E-state index in [1.54, 1.807) is 40.5 Å². The van der Waals surface area contributed by atoms with Crippen molar-refractivity contribution in [2.24, 2.45) is 17.4 Å². The van der Waals surface area contributed by atoms with E-state index >= 15 is 0 Å². The van der Waals surface area contributed by atoms with E-state index in [1.165, 1.54) is 6.42 Å². The number of nitrogens with zero attached hydrogens (tertiary/aromatic N) is 5. The Kier molecular flexibility index (Phi) is 8.86. The summed E-state index contributed by atoms with van der Waals surface area (Å²) < 4.78 is 1.72. The third-order valence-corrected chi connectivity index (χ3v) is 8.06. The van der Waals surface area contributed by atoms with Crippen LogP contribution in [0.15, 0.2) is 17.1 Å². The summed E-state index contributed by atoms with van der Waals surface area (Å²) in [7, 11) is 0. The predicted octanol–water partition coefficient (Wildman–Crippen LogP) is 1.20. The number of hydrogen-bond donors (Lipinski definition) is 3. The first-order valence-corrected chi connectivity index (χ1v) is 13.8. The van der Waals surface area contributed by atoms with Crippen LogP contribution in [-0.2, 0) is 4.79 Å². The fraction of sp³-hybridized carbons (Fsp3) is 0.769. The minimum atomic E-state index is -0.932. The first kappa shape index (κ1) is 27.5. The summed E-state index contributed by atoms with van der Waals surface area (Å²) in [6.07, 6.45) is 9.29. The van der Waals surface area contributed by atoms with E-state index in [4.69, 9.17) is 11.5 Å². The SMILES string of the molecule is CC(C)(N)C(=O)N1CCN(C(=O)Nc2ccn(C3CCC(CN4CCCC(N)CC4)CC3)c(=O)n2)CC1. The normalized spacial score (nSPS) is 26.0. The van der Waals surface area contributed by atoms with E-state index in [1.807, 2.05) is 0 Å². The number of hydrogen-bond acceptors (Lipinski definition) is 7. The third kappa shape index (κ3) is 7.30. The highest BCUT2D eigenvalue weighted by atomic mass is 16.2. The number of aromatic nitrogens is 2. The Labute approximate surface area is 219 Å². The van der Waals surface area contributed by atoms with Gasteiger partial charge in [-0.3, -0.25) is 14.7 Å². The number of likely N-dealkylation sites (tertiary alicyclic amines) is 1. The molecule has 1 aliphatic carbocycles. The van der Waals surface area contributed by atoms with E-state index in [9.17, 15) is 14.4 Å². The van der Waals surface area contributed by atoms with Crippen LogP contribution in [0, 0.1) is 5.92 Å². The molecule has 2 aliphatic heterocycles. The maximum atomic E-state index is 12.8. The van der Waals surface area contributed by atoms with Gasteiger partial charge in [-0.25, -0.2) is 9.59 Å². The molecule has 206 valence electrons. The molecule has 3 amide bonds. The van der Waals surface area contributed by atoms with Gasteiger partial charge in [-0.05, 0) is 83.9 Å². The number of nitrogens with two attached hydrogens (primary N) is 2. The molecule has 3 heterocycles. The van der Waals surface area contributed by atoms with E-state index in [0.29, 0.717) is 38.1 Å². The predicted molar refractivity (Wildman–Crippen MR) is 143 cm³/mol. The van der Waals surface area contributed by atoms with Gasteiger partial charge in [0.05, 0.1) is 5.54 Å². The van der Waals surface area contributed by atoms with Crippen molar-refractivity contribution in [3.8, 4) is 0 Å². The van der Waals surface area contributed by atoms with Crippen LogP contribution in [0.1, 0.15) is 64.8 Å². The molecule has 37 heavy (non-hydrogen) atoms. The van der Waals surface area contributed by atoms with Crippen LogP contribution >= 0.6 is 0 Å². The zero-order chi connectivity index (χ0) is 26.6. The zero-order valence-electron chi connectivity index (χ0n) is 22.4. The lowest BCUT2D eigenvalue weighted by molar-refractivity contribution is -0.137. The summed E-state index contributed by atoms with van der Waals surface area (Å²) in [4.78, 5) is 47.9. The molecule has 0 bridgehead atoms. The van der Waals surface area contributed by atoms with Crippen LogP contribution in [0.25, 0.3) is 0 Å². The highest BCUT2D eigenvalue weighted by Gasteiger charge is 2.31. The van der Waals surface area contributed by atoms with Crippen molar-refractivity contribution in [2.75, 3.05) is 51.1 Å². The number of rotatable bonds is 5. The molecule has 3 aliphatic rings. The molecule has 5 N–H and O–H groups in total. The number of anilines is 1. The van der Waals surface area contributed by atoms with Gasteiger partial charge in [-0.1, -0.05) is 0 Å². The van der Waals surface area contributed by atoms with Crippen LogP contribution in [0.4, 0.5) is 10.6 Å². The van der Waals surface area contributed by atoms with E-state index in [0.717, 1.165) is 58.2 Å². The van der Waals surface area contributed by atoms with Gasteiger partial charge in [-0.2, -0.15) is 4.98 Å². The molecule has 1 atom stereocenters. The quantitative estimate of drug-likeness (QED) is 0.534. The topological polar surface area (TPSA) is 143 Å². The highest BCUT2D eigenvalue weighted by Crippen LogP contribution is 2.32. The average molecular weight is 517 g/mol. The lowest BCUT2D eigenvalue weighted by atomic mass is 9.85. The van der Waals surface area contributed by atoms with Gasteiger partial charge in [0.1, 0.15) is 5.82 Å². The van der Waals surface area contributed by atoms with Crippen molar-refractivity contribution in [3.05, 3.63) is 22.7 Å². The molecule has 11 nitrogen and oxygen atoms in total. The van der Waals surface area contributed by atoms with Crippen molar-refractivity contribution < 1.29 is 9.59 Å². The molecule has 11 heteroatoms. The van der Waals surface area contributed by atoms with E-state index in [2.05, 4.69) is 15.2 Å². The van der Waals surface area contributed by atoms with Crippen LogP contribution in [0.2, 0.25) is 0 Å². The van der Waals surface area contributed by atoms with E-state index in [-0.39, 0.29) is 29.5 Å². The fourth-order valence-corrected chi connectivity index (χ4v) is 5.80. The van der Waals surface area contributed by atoms with Gasteiger partial charge in [0.25, 0.3) is 0 Å². The maximum absolute atomic E-state index is 12.8. The molecule has 4 rings (SSSR count). The third-order valence-electron chi connectivity index (χ3n) is 8.06. The zero-order valence-corrected chi connectivity index (χ0v) is 22.4. The summed E-state index contributed by atoms with van der Waals surface area (Å²) in [5.74, 6) is 0.791. The van der Waals surface area contributed by atoms with Crippen molar-refractivity contribution in [1.29, 1.82) is 0 Å². The number of nitrogens with one attached hydrogen (secondary N) is 1. The molecule has 2 saturated heterocycles. The van der Waals surface area contributed by atoms with Crippen LogP contribution < -0.4 is 22.5 Å². The number of carbonyl (C=O) groups is 2. The van der Waals surface area contributed by atoms with Crippen molar-refractivity contribution in [2.45, 2.75) is 76.4 Å². The Morgan fingerprint density at radius 3 is 2.32 bits per heavy atom. The highest BCUT2D eigenvalue weighted by molar-refractivity contribution is 5.89. The average Bonchev–Trinajstić information content (AvgIpc) is 3.07. The van der Waals surface area contributed by atoms with Crippen LogP contribution in [0.5, 0.6) is 0 Å². The summed E-state index contributed by atoms with van der Waals surface area (Å²) in [5, 5.41) is 2.74. The monoisotopic (exact) mass is 516 g/mol. The Morgan fingerprint density at radius 1 is 1.00 bits per heavy atom. The number of piperazine rings is 1. The Balaban J connectivity index is 1.24. The van der Waals surface area contributed by atoms with Gasteiger partial charge >= 0.3 is 11.7 Å². The summed E-state index contributed by atoms with van der Waals surface area (Å²) in [6.45, 7) is 8.38. The van der Waals surface area contributed by atoms with Gasteiger partial charge in [-0.15, -0.1) is 0 Å². The summed E-state index contributed by atoms with van der Waals surface area (Å²) >= 11 is 0. The molecule has 1 unspecified atom stereocenters. The Bertz CT molecular complexity index is 990. The fourth-order valence-electron chi connectivity index (χ4n) is 5.80. The van der Waals surface area contributed by atoms with Crippen molar-refractivity contribution in [1.82, 2.24) is 24.3 Å². The lowest BCUT2D eigenvalue weighted by Crippen LogP contribution is -2.58. The molecule has 1 aromatic rings. The number of carbonyl (C=O) groups excluding carboxylic acids is 2. The first-order chi connectivity index (χ1) is 17.6. The summed E-state index contributed by atoms with van der Waals surface area (Å²) in [6, 6.07) is 1.87. The molecule has 0 radical (unpaired) electrons. The molecular formula is C26H44N8O3. The molecule has 0 spiro atoms. The smallest absolute Gasteiger partial charge is 0.338 e. The minimum Gasteiger partial charge on any atom is -0.338 e. The second-order valence-corrected chi connectivity index (χ2v) is 11.6. The Hall–Kier alpha value is -2.50. The first-order valence-electron chi connectivity index (χ1n) is 13.8. The van der Waals surface area contributed by atoms with Crippen molar-refractivity contribution >= 4 is 17.8 Å². The largest absolute Gasteiger partial charge is 0.349 e. The van der Waals surface area contributed by atoms with Crippen LogP contribution in [-0.4, -0.2) is 93.6 Å². The maximum Gasteiger partial charge on any atom is 0.349 e. The second-order valence-electron chi connectivity index (χ2n) is 11.6. The summed E-state index contributed by atoms with van der Waals surface area (Å²) in [5.41, 5.74) is 10.8. The van der Waals surface area contributed by atoms with Crippen molar-refractivity contribution in [3.63, 3.8) is 0 Å². The second kappa shape index (κ2) is 11.9. The molecule has 1 aromatic heterocycles. The molecule has 0 aromatic carbocycles. The lowest BCUT2D eigenvalue weighted by Gasteiger charge is -2.37. The Morgan fingerprint density at radius 2 is 1.68 bits per heavy atom. The minimum absolute atomic E-state index is 0.126. The standard InChI is InChI=1S/C26H44N8O3/c1-26(2,28)23(35)32-14-16-33(17-15-32)24(36)29-22-10-13-34(25(37)30-22)21-7-5-19(6-8-21)18-31-11-3-4-20(27)9-12-31/h10,13,19-21H,3-9,11-12,14-18,27-28H2,1-2H3,(H,29,30,36,37). The van der Waals surface area contributed by atoms with Gasteiger partial charge in [0.2, 0.25) is 5.91 Å². The van der Waals surface area contributed by atoms with E-state index < -0.39 is 5.54 Å². The van der Waals surface area contributed by atoms with Crippen LogP contribution in [0.3, 0.4) is 0 Å². The molecule has 1 saturated carbocycles. The van der Waals surface area contributed by atoms with Gasteiger partial charge < -0.3 is 26.2 Å². The number of urea groups is 1. The molecule has 3 fully saturated rings. The van der Waals surface area contributed by atoms with Gasteiger partial charge in [0, 0.05) is 51.0 Å². The number of amides is 3. The molecular weight excluding hydrogens is 472 g/mol.